The van der Waals surface area contributed by atoms with E-state index >= 15 is 0 Å². The van der Waals surface area contributed by atoms with Crippen LogP contribution in [0.5, 0.6) is 0 Å². The molecule has 0 radical (unpaired) electrons. The second-order valence-corrected chi connectivity index (χ2v) is 11.1. The molecule has 0 unspecified atom stereocenters. The topological polar surface area (TPSA) is 69.9 Å². The molecule has 1 saturated heterocycles. The minimum Gasteiger partial charge on any atom is -0.396 e. The van der Waals surface area contributed by atoms with E-state index in [2.05, 4.69) is 36.7 Å². The van der Waals surface area contributed by atoms with E-state index in [1.807, 2.05) is 0 Å². The van der Waals surface area contributed by atoms with E-state index in [0.717, 1.165) is 32.1 Å². The Bertz CT molecular complexity index is 558. The van der Waals surface area contributed by atoms with Crippen molar-refractivity contribution in [2.45, 2.75) is 81.9 Å². The number of rotatable bonds is 2. The van der Waals surface area contributed by atoms with Gasteiger partial charge in [-0.25, -0.2) is 0 Å². The molecule has 4 rings (SSSR count). The fraction of sp³-hybridized carbons (Fsp3) is 1.00. The molecule has 25 heavy (non-hydrogen) atoms. The van der Waals surface area contributed by atoms with E-state index in [-0.39, 0.29) is 52.1 Å². The molecule has 4 nitrogen and oxygen atoms in total. The van der Waals surface area contributed by atoms with Gasteiger partial charge in [0.15, 0.2) is 0 Å². The lowest BCUT2D eigenvalue weighted by molar-refractivity contribution is -0.215. The Hall–Kier alpha value is 0.320. The monoisotopic (exact) mass is 416 g/mol. The molecule has 4 aliphatic rings. The lowest BCUT2D eigenvalue weighted by Gasteiger charge is -2.65. The Balaban J connectivity index is 1.77. The van der Waals surface area contributed by atoms with Crippen LogP contribution >= 0.6 is 15.9 Å². The highest BCUT2D eigenvalue weighted by Crippen LogP contribution is 2.71. The normalized spacial score (nSPS) is 60.8. The summed E-state index contributed by atoms with van der Waals surface area (Å²) in [6, 6.07) is 0. The molecular weight excluding hydrogens is 384 g/mol. The van der Waals surface area contributed by atoms with Crippen molar-refractivity contribution in [1.82, 2.24) is 0 Å². The van der Waals surface area contributed by atoms with E-state index in [9.17, 15) is 15.3 Å². The lowest BCUT2D eigenvalue weighted by Crippen LogP contribution is -2.65. The molecule has 3 N–H and O–H groups in total. The number of aliphatic hydroxyl groups is 3. The van der Waals surface area contributed by atoms with Crippen molar-refractivity contribution in [3.05, 3.63) is 0 Å². The highest BCUT2D eigenvalue weighted by molar-refractivity contribution is 9.09. The Labute approximate surface area is 159 Å². The standard InChI is InChI=1S/C20H33BrO4/c1-17(11-23)8-12(24)9-19(3)13(17)5-7-20-14(19)4-6-18(2,16(20)21)15(10-22)25-20/h12-16,22-24H,4-11H2,1-3H3/t12-,13-,14+,15-,16-,17+,18-,19-,20-/m1/s1. The predicted molar refractivity (Wildman–Crippen MR) is 99.5 cm³/mol. The van der Waals surface area contributed by atoms with Gasteiger partial charge in [0.1, 0.15) is 0 Å². The quantitative estimate of drug-likeness (QED) is 0.605. The summed E-state index contributed by atoms with van der Waals surface area (Å²) in [6.45, 7) is 6.95. The predicted octanol–water partition coefficient (Wildman–Crippen LogP) is 2.87. The van der Waals surface area contributed by atoms with Crippen molar-refractivity contribution >= 4 is 15.9 Å². The minimum atomic E-state index is -0.356. The molecule has 144 valence electrons. The van der Waals surface area contributed by atoms with Crippen LogP contribution in [0.4, 0.5) is 0 Å². The third-order valence-corrected chi connectivity index (χ3v) is 10.6. The van der Waals surface area contributed by atoms with Gasteiger partial charge in [0, 0.05) is 12.0 Å². The van der Waals surface area contributed by atoms with Crippen molar-refractivity contribution < 1.29 is 20.1 Å². The van der Waals surface area contributed by atoms with Gasteiger partial charge in [-0.05, 0) is 61.2 Å². The summed E-state index contributed by atoms with van der Waals surface area (Å²) in [5, 5.41) is 30.7. The van der Waals surface area contributed by atoms with Crippen LogP contribution in [0.1, 0.15) is 59.3 Å². The largest absolute Gasteiger partial charge is 0.396 e. The summed E-state index contributed by atoms with van der Waals surface area (Å²) < 4.78 is 6.65. The first kappa shape index (κ1) is 18.7. The van der Waals surface area contributed by atoms with Crippen LogP contribution in [0.15, 0.2) is 0 Å². The molecule has 0 aromatic rings. The minimum absolute atomic E-state index is 0.0258. The average molecular weight is 417 g/mol. The molecule has 1 heterocycles. The smallest absolute Gasteiger partial charge is 0.0879 e. The number of hydrogen-bond donors (Lipinski definition) is 3. The second kappa shape index (κ2) is 5.66. The molecular formula is C20H33BrO4. The van der Waals surface area contributed by atoms with Crippen LogP contribution in [0, 0.1) is 28.1 Å². The van der Waals surface area contributed by atoms with Gasteiger partial charge in [-0.15, -0.1) is 0 Å². The molecule has 0 aromatic carbocycles. The molecule has 3 aliphatic carbocycles. The van der Waals surface area contributed by atoms with Gasteiger partial charge in [-0.3, -0.25) is 0 Å². The summed E-state index contributed by atoms with van der Waals surface area (Å²) in [6.07, 6.45) is 5.14. The molecule has 0 amide bonds. The summed E-state index contributed by atoms with van der Waals surface area (Å²) in [4.78, 5) is 0.237. The Morgan fingerprint density at radius 3 is 2.32 bits per heavy atom. The van der Waals surface area contributed by atoms with Crippen LogP contribution in [0.25, 0.3) is 0 Å². The molecule has 4 fully saturated rings. The summed E-state index contributed by atoms with van der Waals surface area (Å²) in [7, 11) is 0. The number of alkyl halides is 1. The summed E-state index contributed by atoms with van der Waals surface area (Å²) in [5.41, 5.74) is -0.530. The third kappa shape index (κ3) is 2.19. The van der Waals surface area contributed by atoms with Gasteiger partial charge in [0.05, 0.1) is 29.2 Å². The maximum atomic E-state index is 10.6. The van der Waals surface area contributed by atoms with Crippen molar-refractivity contribution in [3.63, 3.8) is 0 Å². The summed E-state index contributed by atoms with van der Waals surface area (Å²) >= 11 is 4.00. The van der Waals surface area contributed by atoms with Crippen LogP contribution in [-0.4, -0.2) is 51.2 Å². The first-order valence-corrected chi connectivity index (χ1v) is 10.8. The van der Waals surface area contributed by atoms with Gasteiger partial charge in [-0.1, -0.05) is 36.7 Å². The second-order valence-electron chi connectivity index (χ2n) is 10.2. The molecule has 1 aliphatic heterocycles. The maximum absolute atomic E-state index is 10.6. The molecule has 1 spiro atoms. The van der Waals surface area contributed by atoms with Gasteiger partial charge < -0.3 is 20.1 Å². The fourth-order valence-electron chi connectivity index (χ4n) is 7.73. The third-order valence-electron chi connectivity index (χ3n) is 8.83. The van der Waals surface area contributed by atoms with Crippen molar-refractivity contribution in [1.29, 1.82) is 0 Å². The van der Waals surface area contributed by atoms with Gasteiger partial charge in [-0.2, -0.15) is 0 Å². The van der Waals surface area contributed by atoms with Gasteiger partial charge >= 0.3 is 0 Å². The first-order valence-electron chi connectivity index (χ1n) is 9.88. The van der Waals surface area contributed by atoms with Crippen molar-refractivity contribution in [2.75, 3.05) is 13.2 Å². The van der Waals surface area contributed by atoms with E-state index in [1.165, 1.54) is 0 Å². The Kier molecular flexibility index (Phi) is 4.23. The zero-order chi connectivity index (χ0) is 18.3. The zero-order valence-corrected chi connectivity index (χ0v) is 17.3. The SMILES string of the molecule is C[C@@]1(CO)C[C@@H](O)C[C@]2(C)[C@@H]1CC[C@@]13O[C@H](CO)[C@@](C)(CC[C@@H]21)[C@H]3Br. The molecule has 5 heteroatoms. The number of aliphatic hydroxyl groups excluding tert-OH is 3. The van der Waals surface area contributed by atoms with Crippen molar-refractivity contribution in [2.24, 2.45) is 28.1 Å². The number of halogens is 1. The summed E-state index contributed by atoms with van der Waals surface area (Å²) in [5.74, 6) is 0.762. The Morgan fingerprint density at radius 1 is 1.00 bits per heavy atom. The van der Waals surface area contributed by atoms with Crippen molar-refractivity contribution in [3.8, 4) is 0 Å². The van der Waals surface area contributed by atoms with E-state index in [4.69, 9.17) is 4.74 Å². The van der Waals surface area contributed by atoms with E-state index in [1.54, 1.807) is 0 Å². The number of hydrogen-bond acceptors (Lipinski definition) is 4. The highest BCUT2D eigenvalue weighted by atomic mass is 79.9. The Morgan fingerprint density at radius 2 is 1.68 bits per heavy atom. The van der Waals surface area contributed by atoms with E-state index in [0.29, 0.717) is 18.3 Å². The molecule has 3 saturated carbocycles. The molecule has 9 atom stereocenters. The van der Waals surface area contributed by atoms with Gasteiger partial charge in [0.25, 0.3) is 0 Å². The van der Waals surface area contributed by atoms with Crippen LogP contribution < -0.4 is 0 Å². The molecule has 2 bridgehead atoms. The number of ether oxygens (including phenoxy) is 1. The fourth-order valence-corrected chi connectivity index (χ4v) is 8.91. The maximum Gasteiger partial charge on any atom is 0.0879 e. The zero-order valence-electron chi connectivity index (χ0n) is 15.7. The van der Waals surface area contributed by atoms with Crippen LogP contribution in [0.3, 0.4) is 0 Å². The first-order chi connectivity index (χ1) is 11.7. The van der Waals surface area contributed by atoms with Gasteiger partial charge in [0.2, 0.25) is 0 Å². The van der Waals surface area contributed by atoms with Crippen LogP contribution in [-0.2, 0) is 4.74 Å². The highest BCUT2D eigenvalue weighted by Gasteiger charge is 2.72. The molecule has 0 aromatic heterocycles. The lowest BCUT2D eigenvalue weighted by atomic mass is 9.42. The van der Waals surface area contributed by atoms with E-state index < -0.39 is 0 Å². The van der Waals surface area contributed by atoms with Crippen LogP contribution in [0.2, 0.25) is 0 Å². The number of fused-ring (bicyclic) bond motifs is 3. The average Bonchev–Trinajstić information content (AvgIpc) is 2.68.